The first-order valence-electron chi connectivity index (χ1n) is 7.88. The third-order valence-electron chi connectivity index (χ3n) is 4.00. The number of nitrogens with one attached hydrogen (secondary N) is 1. The molecule has 0 bridgehead atoms. The number of rotatable bonds is 5. The first kappa shape index (κ1) is 16.7. The van der Waals surface area contributed by atoms with Crippen LogP contribution in [0.4, 0.5) is 0 Å². The van der Waals surface area contributed by atoms with E-state index in [2.05, 4.69) is 10.5 Å². The monoisotopic (exact) mass is 338 g/mol. The molecule has 0 atom stereocenters. The summed E-state index contributed by atoms with van der Waals surface area (Å²) >= 11 is 0. The SMILES string of the molecule is Cc1cc(C)c2onc(CC(=O)NCc3ccc(C(=O)O)cc3)c2c1. The maximum atomic E-state index is 12.2. The highest BCUT2D eigenvalue weighted by molar-refractivity contribution is 5.88. The van der Waals surface area contributed by atoms with E-state index in [-0.39, 0.29) is 17.9 Å². The topological polar surface area (TPSA) is 92.4 Å². The molecule has 0 aliphatic rings. The van der Waals surface area contributed by atoms with Crippen molar-refractivity contribution in [1.82, 2.24) is 10.5 Å². The van der Waals surface area contributed by atoms with Crippen LogP contribution in [0.1, 0.15) is 32.7 Å². The van der Waals surface area contributed by atoms with Gasteiger partial charge in [-0.05, 0) is 48.7 Å². The fourth-order valence-electron chi connectivity index (χ4n) is 2.75. The van der Waals surface area contributed by atoms with Gasteiger partial charge in [0, 0.05) is 11.9 Å². The van der Waals surface area contributed by atoms with Crippen LogP contribution in [0.2, 0.25) is 0 Å². The lowest BCUT2D eigenvalue weighted by Crippen LogP contribution is -2.24. The summed E-state index contributed by atoms with van der Waals surface area (Å²) < 4.78 is 5.35. The molecule has 0 aliphatic heterocycles. The van der Waals surface area contributed by atoms with E-state index in [1.807, 2.05) is 26.0 Å². The first-order valence-corrected chi connectivity index (χ1v) is 7.88. The van der Waals surface area contributed by atoms with E-state index in [9.17, 15) is 9.59 Å². The number of aromatic carboxylic acids is 1. The number of fused-ring (bicyclic) bond motifs is 1. The van der Waals surface area contributed by atoms with E-state index >= 15 is 0 Å². The van der Waals surface area contributed by atoms with Crippen molar-refractivity contribution >= 4 is 22.8 Å². The van der Waals surface area contributed by atoms with Crippen LogP contribution in [0.25, 0.3) is 11.0 Å². The normalized spacial score (nSPS) is 10.8. The van der Waals surface area contributed by atoms with Crippen molar-refractivity contribution in [2.24, 2.45) is 0 Å². The number of nitrogens with zero attached hydrogens (tertiary/aromatic N) is 1. The minimum atomic E-state index is -0.973. The smallest absolute Gasteiger partial charge is 0.335 e. The fourth-order valence-corrected chi connectivity index (χ4v) is 2.75. The number of carbonyl (C=O) groups excluding carboxylic acids is 1. The van der Waals surface area contributed by atoms with Gasteiger partial charge in [0.25, 0.3) is 0 Å². The molecule has 1 amide bonds. The van der Waals surface area contributed by atoms with Crippen LogP contribution in [-0.2, 0) is 17.8 Å². The molecular formula is C19H18N2O4. The Balaban J connectivity index is 1.66. The van der Waals surface area contributed by atoms with Crippen LogP contribution >= 0.6 is 0 Å². The molecule has 0 unspecified atom stereocenters. The number of aromatic nitrogens is 1. The van der Waals surface area contributed by atoms with Crippen molar-refractivity contribution in [2.45, 2.75) is 26.8 Å². The molecule has 1 aromatic heterocycles. The highest BCUT2D eigenvalue weighted by atomic mass is 16.5. The van der Waals surface area contributed by atoms with Gasteiger partial charge in [-0.3, -0.25) is 4.79 Å². The zero-order valence-corrected chi connectivity index (χ0v) is 14.0. The summed E-state index contributed by atoms with van der Waals surface area (Å²) in [5, 5.41) is 16.6. The average molecular weight is 338 g/mol. The lowest BCUT2D eigenvalue weighted by Gasteiger charge is -2.05. The Kier molecular flexibility index (Phi) is 4.52. The van der Waals surface area contributed by atoms with Crippen molar-refractivity contribution in [3.63, 3.8) is 0 Å². The molecule has 2 aromatic carbocycles. The van der Waals surface area contributed by atoms with Crippen molar-refractivity contribution in [2.75, 3.05) is 0 Å². The number of hydrogen-bond acceptors (Lipinski definition) is 4. The summed E-state index contributed by atoms with van der Waals surface area (Å²) in [4.78, 5) is 23.0. The van der Waals surface area contributed by atoms with Gasteiger partial charge in [0.05, 0.1) is 12.0 Å². The van der Waals surface area contributed by atoms with Crippen LogP contribution in [0, 0.1) is 13.8 Å². The largest absolute Gasteiger partial charge is 0.478 e. The van der Waals surface area contributed by atoms with E-state index in [0.717, 1.165) is 22.1 Å². The predicted molar refractivity (Wildman–Crippen MR) is 92.4 cm³/mol. The van der Waals surface area contributed by atoms with Crippen molar-refractivity contribution < 1.29 is 19.2 Å². The molecule has 0 spiro atoms. The molecule has 25 heavy (non-hydrogen) atoms. The van der Waals surface area contributed by atoms with Crippen LogP contribution in [-0.4, -0.2) is 22.1 Å². The van der Waals surface area contributed by atoms with Gasteiger partial charge in [0.15, 0.2) is 5.58 Å². The summed E-state index contributed by atoms with van der Waals surface area (Å²) in [5.41, 5.74) is 4.45. The minimum absolute atomic E-state index is 0.128. The molecule has 0 aliphatic carbocycles. The Morgan fingerprint density at radius 3 is 2.56 bits per heavy atom. The minimum Gasteiger partial charge on any atom is -0.478 e. The lowest BCUT2D eigenvalue weighted by atomic mass is 10.1. The van der Waals surface area contributed by atoms with Gasteiger partial charge in [-0.25, -0.2) is 4.79 Å². The zero-order valence-electron chi connectivity index (χ0n) is 14.0. The van der Waals surface area contributed by atoms with E-state index < -0.39 is 5.97 Å². The van der Waals surface area contributed by atoms with Gasteiger partial charge in [0.2, 0.25) is 5.91 Å². The standard InChI is InChI=1S/C19H18N2O4/c1-11-7-12(2)18-15(8-11)16(21-25-18)9-17(22)20-10-13-3-5-14(6-4-13)19(23)24/h3-8H,9-10H2,1-2H3,(H,20,22)(H,23,24). The number of carboxylic acids is 1. The molecule has 3 aromatic rings. The summed E-state index contributed by atoms with van der Waals surface area (Å²) in [7, 11) is 0. The van der Waals surface area contributed by atoms with Gasteiger partial charge >= 0.3 is 5.97 Å². The van der Waals surface area contributed by atoms with E-state index in [4.69, 9.17) is 9.63 Å². The molecule has 0 saturated carbocycles. The van der Waals surface area contributed by atoms with Gasteiger partial charge in [-0.1, -0.05) is 23.4 Å². The first-order chi connectivity index (χ1) is 11.9. The van der Waals surface area contributed by atoms with E-state index in [0.29, 0.717) is 17.8 Å². The number of aryl methyl sites for hydroxylation is 2. The average Bonchev–Trinajstić information content (AvgIpc) is 2.96. The molecule has 0 radical (unpaired) electrons. The molecule has 0 saturated heterocycles. The predicted octanol–water partition coefficient (Wildman–Crippen LogP) is 3.00. The van der Waals surface area contributed by atoms with Crippen molar-refractivity contribution in [3.8, 4) is 0 Å². The molecule has 6 heteroatoms. The molecular weight excluding hydrogens is 320 g/mol. The molecule has 0 fully saturated rings. The van der Waals surface area contributed by atoms with Gasteiger partial charge in [-0.2, -0.15) is 0 Å². The summed E-state index contributed by atoms with van der Waals surface area (Å²) in [6.45, 7) is 4.27. The molecule has 1 heterocycles. The second-order valence-corrected chi connectivity index (χ2v) is 6.04. The number of carbonyl (C=O) groups is 2. The number of hydrogen-bond donors (Lipinski definition) is 2. The highest BCUT2D eigenvalue weighted by Crippen LogP contribution is 2.24. The molecule has 6 nitrogen and oxygen atoms in total. The molecule has 128 valence electrons. The van der Waals surface area contributed by atoms with Crippen LogP contribution < -0.4 is 5.32 Å². The third-order valence-corrected chi connectivity index (χ3v) is 4.00. The number of amides is 1. The second-order valence-electron chi connectivity index (χ2n) is 6.04. The van der Waals surface area contributed by atoms with E-state index in [1.165, 1.54) is 12.1 Å². The Hall–Kier alpha value is -3.15. The van der Waals surface area contributed by atoms with Crippen LogP contribution in [0.5, 0.6) is 0 Å². The lowest BCUT2D eigenvalue weighted by molar-refractivity contribution is -0.120. The maximum absolute atomic E-state index is 12.2. The molecule has 2 N–H and O–H groups in total. The van der Waals surface area contributed by atoms with Crippen molar-refractivity contribution in [1.29, 1.82) is 0 Å². The Labute approximate surface area is 144 Å². The van der Waals surface area contributed by atoms with Gasteiger partial charge in [-0.15, -0.1) is 0 Å². The van der Waals surface area contributed by atoms with Crippen LogP contribution in [0.15, 0.2) is 40.9 Å². The quantitative estimate of drug-likeness (QED) is 0.746. The zero-order chi connectivity index (χ0) is 18.0. The second kappa shape index (κ2) is 6.76. The fraction of sp³-hybridized carbons (Fsp3) is 0.211. The summed E-state index contributed by atoms with van der Waals surface area (Å²) in [5.74, 6) is -1.14. The highest BCUT2D eigenvalue weighted by Gasteiger charge is 2.14. The third kappa shape index (κ3) is 3.68. The van der Waals surface area contributed by atoms with Gasteiger partial charge < -0.3 is 14.9 Å². The number of carboxylic acid groups (broad SMARTS) is 1. The Morgan fingerprint density at radius 2 is 1.88 bits per heavy atom. The Morgan fingerprint density at radius 1 is 1.16 bits per heavy atom. The van der Waals surface area contributed by atoms with Gasteiger partial charge in [0.1, 0.15) is 5.69 Å². The summed E-state index contributed by atoms with van der Waals surface area (Å²) in [6.07, 6.45) is 0.128. The van der Waals surface area contributed by atoms with Crippen LogP contribution in [0.3, 0.4) is 0 Å². The van der Waals surface area contributed by atoms with E-state index in [1.54, 1.807) is 12.1 Å². The maximum Gasteiger partial charge on any atom is 0.335 e. The number of benzene rings is 2. The Bertz CT molecular complexity index is 942. The van der Waals surface area contributed by atoms with Crippen molar-refractivity contribution in [3.05, 3.63) is 64.3 Å². The molecule has 3 rings (SSSR count). The summed E-state index contributed by atoms with van der Waals surface area (Å²) in [6, 6.07) is 10.4.